The Kier molecular flexibility index (Phi) is 4.17. The fraction of sp³-hybridized carbons (Fsp3) is 0.417. The van der Waals surface area contributed by atoms with Crippen LogP contribution in [0.5, 0.6) is 17.2 Å². The number of methoxy groups -OCH3 is 3. The number of benzene rings is 1. The van der Waals surface area contributed by atoms with Crippen LogP contribution in [0.15, 0.2) is 6.07 Å². The predicted molar refractivity (Wildman–Crippen MR) is 60.9 cm³/mol. The van der Waals surface area contributed by atoms with E-state index in [-0.39, 0.29) is 0 Å². The zero-order chi connectivity index (χ0) is 12.1. The van der Waals surface area contributed by atoms with Crippen molar-refractivity contribution >= 4 is 6.29 Å². The van der Waals surface area contributed by atoms with E-state index < -0.39 is 0 Å². The average molecular weight is 224 g/mol. The van der Waals surface area contributed by atoms with Crippen molar-refractivity contribution in [2.24, 2.45) is 0 Å². The van der Waals surface area contributed by atoms with Crippen LogP contribution in [0.2, 0.25) is 0 Å². The van der Waals surface area contributed by atoms with Crippen molar-refractivity contribution in [2.45, 2.75) is 13.3 Å². The molecule has 0 bridgehead atoms. The Morgan fingerprint density at radius 1 is 1.12 bits per heavy atom. The molecule has 0 fully saturated rings. The normalized spacial score (nSPS) is 9.75. The molecule has 0 aliphatic carbocycles. The molecule has 0 N–H and O–H groups in total. The molecule has 4 heteroatoms. The molecule has 0 radical (unpaired) electrons. The van der Waals surface area contributed by atoms with E-state index >= 15 is 0 Å². The van der Waals surface area contributed by atoms with Crippen LogP contribution in [-0.4, -0.2) is 27.6 Å². The van der Waals surface area contributed by atoms with E-state index in [1.165, 1.54) is 14.2 Å². The number of aldehydes is 1. The van der Waals surface area contributed by atoms with Crippen LogP contribution in [-0.2, 0) is 6.42 Å². The number of hydrogen-bond acceptors (Lipinski definition) is 4. The van der Waals surface area contributed by atoms with Gasteiger partial charge in [0.2, 0.25) is 5.75 Å². The van der Waals surface area contributed by atoms with Crippen molar-refractivity contribution in [3.05, 3.63) is 17.2 Å². The number of carbonyl (C=O) groups is 1. The SMILES string of the molecule is CCc1cc(OC)c(OC)c(OC)c1C=O. The molecule has 1 aromatic rings. The standard InChI is InChI=1S/C12H16O4/c1-5-8-6-10(14-2)12(16-4)11(15-3)9(8)7-13/h6-7H,5H2,1-4H3. The summed E-state index contributed by atoms with van der Waals surface area (Å²) in [6.45, 7) is 1.97. The zero-order valence-electron chi connectivity index (χ0n) is 9.99. The molecule has 16 heavy (non-hydrogen) atoms. The van der Waals surface area contributed by atoms with Crippen molar-refractivity contribution in [3.8, 4) is 17.2 Å². The Labute approximate surface area is 95.1 Å². The highest BCUT2D eigenvalue weighted by molar-refractivity contribution is 5.85. The van der Waals surface area contributed by atoms with Crippen LogP contribution in [0.3, 0.4) is 0 Å². The van der Waals surface area contributed by atoms with E-state index in [2.05, 4.69) is 0 Å². The molecule has 0 amide bonds. The lowest BCUT2D eigenvalue weighted by molar-refractivity contribution is 0.111. The van der Waals surface area contributed by atoms with E-state index in [0.717, 1.165) is 18.3 Å². The summed E-state index contributed by atoms with van der Waals surface area (Å²) in [4.78, 5) is 11.1. The Balaban J connectivity index is 3.54. The van der Waals surface area contributed by atoms with Gasteiger partial charge in [-0.2, -0.15) is 0 Å². The topological polar surface area (TPSA) is 44.8 Å². The van der Waals surface area contributed by atoms with E-state index in [1.54, 1.807) is 13.2 Å². The van der Waals surface area contributed by atoms with Crippen LogP contribution in [0.1, 0.15) is 22.8 Å². The van der Waals surface area contributed by atoms with Crippen molar-refractivity contribution < 1.29 is 19.0 Å². The van der Waals surface area contributed by atoms with E-state index in [9.17, 15) is 4.79 Å². The first kappa shape index (κ1) is 12.4. The van der Waals surface area contributed by atoms with Gasteiger partial charge in [-0.15, -0.1) is 0 Å². The minimum absolute atomic E-state index is 0.425. The Morgan fingerprint density at radius 3 is 2.12 bits per heavy atom. The molecule has 4 nitrogen and oxygen atoms in total. The Hall–Kier alpha value is -1.71. The van der Waals surface area contributed by atoms with Crippen LogP contribution in [0.4, 0.5) is 0 Å². The average Bonchev–Trinajstić information content (AvgIpc) is 2.35. The van der Waals surface area contributed by atoms with Crippen molar-refractivity contribution in [2.75, 3.05) is 21.3 Å². The second kappa shape index (κ2) is 5.39. The highest BCUT2D eigenvalue weighted by Gasteiger charge is 2.19. The summed E-state index contributed by atoms with van der Waals surface area (Å²) >= 11 is 0. The predicted octanol–water partition coefficient (Wildman–Crippen LogP) is 2.09. The maximum atomic E-state index is 11.1. The molecule has 1 aromatic carbocycles. The first-order valence-corrected chi connectivity index (χ1v) is 5.00. The van der Waals surface area contributed by atoms with Gasteiger partial charge in [0, 0.05) is 0 Å². The summed E-state index contributed by atoms with van der Waals surface area (Å²) in [5, 5.41) is 0. The van der Waals surface area contributed by atoms with Crippen molar-refractivity contribution in [3.63, 3.8) is 0 Å². The summed E-state index contributed by atoms with van der Waals surface area (Å²) in [5.41, 5.74) is 1.40. The molecular formula is C12H16O4. The maximum Gasteiger partial charge on any atom is 0.204 e. The lowest BCUT2D eigenvalue weighted by atomic mass is 10.0. The molecule has 0 aliphatic heterocycles. The van der Waals surface area contributed by atoms with E-state index in [1.807, 2.05) is 6.92 Å². The minimum Gasteiger partial charge on any atom is -0.493 e. The number of carbonyl (C=O) groups excluding carboxylic acids is 1. The molecule has 0 saturated carbocycles. The Bertz CT molecular complexity index is 385. The largest absolute Gasteiger partial charge is 0.493 e. The highest BCUT2D eigenvalue weighted by Crippen LogP contribution is 2.41. The smallest absolute Gasteiger partial charge is 0.204 e. The van der Waals surface area contributed by atoms with Crippen molar-refractivity contribution in [1.82, 2.24) is 0 Å². The van der Waals surface area contributed by atoms with E-state index in [4.69, 9.17) is 14.2 Å². The van der Waals surface area contributed by atoms with Gasteiger partial charge in [-0.05, 0) is 18.1 Å². The summed E-state index contributed by atoms with van der Waals surface area (Å²) in [6, 6.07) is 1.80. The first-order chi connectivity index (χ1) is 7.73. The molecule has 1 rings (SSSR count). The van der Waals surface area contributed by atoms with Gasteiger partial charge in [-0.25, -0.2) is 0 Å². The molecule has 88 valence electrons. The third-order valence-corrected chi connectivity index (χ3v) is 2.45. The second-order valence-electron chi connectivity index (χ2n) is 3.19. The quantitative estimate of drug-likeness (QED) is 0.718. The minimum atomic E-state index is 0.425. The molecule has 0 aromatic heterocycles. The molecule has 0 saturated heterocycles. The summed E-state index contributed by atoms with van der Waals surface area (Å²) in [5.74, 6) is 1.44. The fourth-order valence-corrected chi connectivity index (χ4v) is 1.65. The number of hydrogen-bond donors (Lipinski definition) is 0. The lowest BCUT2D eigenvalue weighted by Crippen LogP contribution is -2.02. The van der Waals surface area contributed by atoms with Gasteiger partial charge in [0.25, 0.3) is 0 Å². The highest BCUT2D eigenvalue weighted by atomic mass is 16.5. The van der Waals surface area contributed by atoms with Gasteiger partial charge in [0.15, 0.2) is 17.8 Å². The summed E-state index contributed by atoms with van der Waals surface area (Å²) in [7, 11) is 4.57. The third kappa shape index (κ3) is 1.96. The second-order valence-corrected chi connectivity index (χ2v) is 3.19. The van der Waals surface area contributed by atoms with Crippen molar-refractivity contribution in [1.29, 1.82) is 0 Å². The van der Waals surface area contributed by atoms with Crippen LogP contribution in [0.25, 0.3) is 0 Å². The number of rotatable bonds is 5. The summed E-state index contributed by atoms with van der Waals surface area (Å²) < 4.78 is 15.6. The van der Waals surface area contributed by atoms with Gasteiger partial charge in [-0.3, -0.25) is 4.79 Å². The van der Waals surface area contributed by atoms with Crippen LogP contribution >= 0.6 is 0 Å². The molecule has 0 spiro atoms. The number of ether oxygens (including phenoxy) is 3. The molecule has 0 aliphatic rings. The lowest BCUT2D eigenvalue weighted by Gasteiger charge is -2.16. The monoisotopic (exact) mass is 224 g/mol. The van der Waals surface area contributed by atoms with Gasteiger partial charge < -0.3 is 14.2 Å². The first-order valence-electron chi connectivity index (χ1n) is 5.00. The van der Waals surface area contributed by atoms with Gasteiger partial charge in [0.05, 0.1) is 26.9 Å². The fourth-order valence-electron chi connectivity index (χ4n) is 1.65. The van der Waals surface area contributed by atoms with E-state index in [0.29, 0.717) is 22.8 Å². The Morgan fingerprint density at radius 2 is 1.75 bits per heavy atom. The van der Waals surface area contributed by atoms with Gasteiger partial charge in [0.1, 0.15) is 0 Å². The van der Waals surface area contributed by atoms with Crippen LogP contribution in [0, 0.1) is 0 Å². The zero-order valence-corrected chi connectivity index (χ0v) is 9.99. The third-order valence-electron chi connectivity index (χ3n) is 2.45. The van der Waals surface area contributed by atoms with Gasteiger partial charge >= 0.3 is 0 Å². The molecule has 0 atom stereocenters. The molecule has 0 heterocycles. The van der Waals surface area contributed by atoms with Crippen LogP contribution < -0.4 is 14.2 Å². The number of aryl methyl sites for hydroxylation is 1. The van der Waals surface area contributed by atoms with Gasteiger partial charge in [-0.1, -0.05) is 6.92 Å². The maximum absolute atomic E-state index is 11.1. The molecule has 0 unspecified atom stereocenters. The summed E-state index contributed by atoms with van der Waals surface area (Å²) in [6.07, 6.45) is 1.50. The molecular weight excluding hydrogens is 208 g/mol.